The molecule has 6 heteroatoms. The smallest absolute Gasteiger partial charge is 0.265 e. The van der Waals surface area contributed by atoms with Gasteiger partial charge in [-0.3, -0.25) is 19.8 Å². The third-order valence-electron chi connectivity index (χ3n) is 5.74. The fraction of sp³-hybridized carbons (Fsp3) is 0.269. The van der Waals surface area contributed by atoms with Gasteiger partial charge < -0.3 is 4.57 Å². The van der Waals surface area contributed by atoms with Gasteiger partial charge in [0.05, 0.1) is 0 Å². The topological polar surface area (TPSA) is 54.3 Å². The molecule has 1 saturated heterocycles. The van der Waals surface area contributed by atoms with Gasteiger partial charge in [0.15, 0.2) is 5.11 Å². The van der Waals surface area contributed by atoms with Gasteiger partial charge in [0, 0.05) is 35.8 Å². The predicted molar refractivity (Wildman–Crippen MR) is 132 cm³/mol. The molecule has 3 aromatic rings. The molecular formula is C26H27N3O2S. The molecule has 2 amide bonds. The van der Waals surface area contributed by atoms with Crippen molar-refractivity contribution >= 4 is 46.1 Å². The number of para-hydroxylation sites is 1. The summed E-state index contributed by atoms with van der Waals surface area (Å²) in [6.45, 7) is 3.37. The summed E-state index contributed by atoms with van der Waals surface area (Å²) < 4.78 is 2.15. The molecule has 1 aromatic heterocycles. The Morgan fingerprint density at radius 2 is 1.72 bits per heavy atom. The lowest BCUT2D eigenvalue weighted by Gasteiger charge is -2.28. The number of unbranched alkanes of at least 4 members (excludes halogenated alkanes) is 3. The summed E-state index contributed by atoms with van der Waals surface area (Å²) in [7, 11) is 0. The van der Waals surface area contributed by atoms with E-state index in [1.807, 2.05) is 42.6 Å². The SMILES string of the molecule is CCCCCCN1C(=O)C(=Cc2cn(Cc3ccccc3)c3ccccc23)C(=O)NC1=S. The monoisotopic (exact) mass is 445 g/mol. The summed E-state index contributed by atoms with van der Waals surface area (Å²) in [4.78, 5) is 27.3. The molecule has 1 N–H and O–H groups in total. The van der Waals surface area contributed by atoms with Crippen molar-refractivity contribution in [3.8, 4) is 0 Å². The Kier molecular flexibility index (Phi) is 6.81. The van der Waals surface area contributed by atoms with E-state index in [0.29, 0.717) is 13.1 Å². The van der Waals surface area contributed by atoms with E-state index in [1.165, 1.54) is 10.5 Å². The molecule has 0 radical (unpaired) electrons. The fourth-order valence-electron chi connectivity index (χ4n) is 4.05. The van der Waals surface area contributed by atoms with Crippen molar-refractivity contribution < 1.29 is 9.59 Å². The number of nitrogens with zero attached hydrogens (tertiary/aromatic N) is 2. The van der Waals surface area contributed by atoms with Crippen molar-refractivity contribution in [3.63, 3.8) is 0 Å². The van der Waals surface area contributed by atoms with Crippen LogP contribution in [0.5, 0.6) is 0 Å². The minimum absolute atomic E-state index is 0.122. The van der Waals surface area contributed by atoms with E-state index in [9.17, 15) is 9.59 Å². The first kappa shape index (κ1) is 22.0. The van der Waals surface area contributed by atoms with E-state index in [2.05, 4.69) is 35.0 Å². The maximum absolute atomic E-state index is 13.2. The Bertz CT molecular complexity index is 1180. The van der Waals surface area contributed by atoms with Crippen molar-refractivity contribution in [2.45, 2.75) is 39.2 Å². The second-order valence-electron chi connectivity index (χ2n) is 8.05. The van der Waals surface area contributed by atoms with Crippen LogP contribution in [0.1, 0.15) is 43.7 Å². The minimum Gasteiger partial charge on any atom is -0.342 e. The van der Waals surface area contributed by atoms with Crippen LogP contribution in [0, 0.1) is 0 Å². The number of fused-ring (bicyclic) bond motifs is 1. The Hall–Kier alpha value is -3.25. The lowest BCUT2D eigenvalue weighted by Crippen LogP contribution is -2.54. The molecule has 4 rings (SSSR count). The number of amides is 2. The number of hydrogen-bond donors (Lipinski definition) is 1. The molecule has 0 atom stereocenters. The van der Waals surface area contributed by atoms with E-state index in [4.69, 9.17) is 12.2 Å². The Balaban J connectivity index is 1.66. The molecule has 0 spiro atoms. The lowest BCUT2D eigenvalue weighted by atomic mass is 10.1. The highest BCUT2D eigenvalue weighted by Gasteiger charge is 2.33. The third kappa shape index (κ3) is 4.65. The summed E-state index contributed by atoms with van der Waals surface area (Å²) in [6.07, 6.45) is 7.83. The zero-order chi connectivity index (χ0) is 22.5. The molecule has 5 nitrogen and oxygen atoms in total. The van der Waals surface area contributed by atoms with Gasteiger partial charge in [-0.15, -0.1) is 0 Å². The highest BCUT2D eigenvalue weighted by molar-refractivity contribution is 7.80. The summed E-state index contributed by atoms with van der Waals surface area (Å²) in [5.41, 5.74) is 3.20. The maximum atomic E-state index is 13.2. The van der Waals surface area contributed by atoms with Gasteiger partial charge in [-0.1, -0.05) is 74.7 Å². The number of nitrogens with one attached hydrogen (secondary N) is 1. The second-order valence-corrected chi connectivity index (χ2v) is 8.44. The third-order valence-corrected chi connectivity index (χ3v) is 6.06. The molecular weight excluding hydrogens is 418 g/mol. The Labute approximate surface area is 193 Å². The summed E-state index contributed by atoms with van der Waals surface area (Å²) in [5, 5.41) is 3.88. The van der Waals surface area contributed by atoms with Crippen LogP contribution >= 0.6 is 12.2 Å². The summed E-state index contributed by atoms with van der Waals surface area (Å²) >= 11 is 5.27. The van der Waals surface area contributed by atoms with Crippen LogP contribution in [0.4, 0.5) is 0 Å². The number of aromatic nitrogens is 1. The van der Waals surface area contributed by atoms with E-state index in [-0.39, 0.29) is 16.6 Å². The first-order valence-corrected chi connectivity index (χ1v) is 11.5. The first-order valence-electron chi connectivity index (χ1n) is 11.1. The van der Waals surface area contributed by atoms with Crippen molar-refractivity contribution in [1.82, 2.24) is 14.8 Å². The van der Waals surface area contributed by atoms with E-state index in [0.717, 1.165) is 42.1 Å². The molecule has 2 heterocycles. The Morgan fingerprint density at radius 3 is 2.50 bits per heavy atom. The van der Waals surface area contributed by atoms with Crippen LogP contribution in [0.15, 0.2) is 66.4 Å². The summed E-state index contributed by atoms with van der Waals surface area (Å²) in [6, 6.07) is 18.2. The minimum atomic E-state index is -0.440. The number of rotatable bonds is 8. The van der Waals surface area contributed by atoms with Crippen LogP contribution in [0.3, 0.4) is 0 Å². The molecule has 0 aliphatic carbocycles. The van der Waals surface area contributed by atoms with Crippen LogP contribution in [0.25, 0.3) is 17.0 Å². The Morgan fingerprint density at radius 1 is 0.969 bits per heavy atom. The van der Waals surface area contributed by atoms with Gasteiger partial charge in [0.25, 0.3) is 11.8 Å². The van der Waals surface area contributed by atoms with Gasteiger partial charge in [0.2, 0.25) is 0 Å². The zero-order valence-electron chi connectivity index (χ0n) is 18.2. The van der Waals surface area contributed by atoms with E-state index < -0.39 is 5.91 Å². The number of benzene rings is 2. The number of thiocarbonyl (C=S) groups is 1. The normalized spacial score (nSPS) is 15.6. The van der Waals surface area contributed by atoms with Crippen molar-refractivity contribution in [2.75, 3.05) is 6.54 Å². The molecule has 1 fully saturated rings. The van der Waals surface area contributed by atoms with E-state index in [1.54, 1.807) is 6.08 Å². The average Bonchev–Trinajstić information content (AvgIpc) is 3.14. The van der Waals surface area contributed by atoms with Crippen LogP contribution in [-0.4, -0.2) is 32.9 Å². The second kappa shape index (κ2) is 9.92. The fourth-order valence-corrected chi connectivity index (χ4v) is 4.32. The number of carbonyl (C=O) groups excluding carboxylic acids is 2. The highest BCUT2D eigenvalue weighted by atomic mass is 32.1. The standard InChI is InChI=1S/C26H27N3O2S/c1-2-3-4-10-15-29-25(31)22(24(30)27-26(29)32)16-20-18-28(17-19-11-6-5-7-12-19)23-14-9-8-13-21(20)23/h5-9,11-14,16,18H,2-4,10,15,17H2,1H3,(H,27,30,32). The zero-order valence-corrected chi connectivity index (χ0v) is 19.0. The van der Waals surface area contributed by atoms with Gasteiger partial charge >= 0.3 is 0 Å². The maximum Gasteiger partial charge on any atom is 0.265 e. The lowest BCUT2D eigenvalue weighted by molar-refractivity contribution is -0.128. The van der Waals surface area contributed by atoms with E-state index >= 15 is 0 Å². The van der Waals surface area contributed by atoms with Gasteiger partial charge in [-0.25, -0.2) is 0 Å². The summed E-state index contributed by atoms with van der Waals surface area (Å²) in [5.74, 6) is -0.764. The molecule has 164 valence electrons. The average molecular weight is 446 g/mol. The van der Waals surface area contributed by atoms with Crippen LogP contribution < -0.4 is 5.32 Å². The predicted octanol–water partition coefficient (Wildman–Crippen LogP) is 4.90. The van der Waals surface area contributed by atoms with Crippen molar-refractivity contribution in [3.05, 3.63) is 77.5 Å². The quantitative estimate of drug-likeness (QED) is 0.232. The van der Waals surface area contributed by atoms with Gasteiger partial charge in [-0.05, 0) is 36.3 Å². The van der Waals surface area contributed by atoms with Crippen LogP contribution in [-0.2, 0) is 16.1 Å². The van der Waals surface area contributed by atoms with Crippen molar-refractivity contribution in [2.24, 2.45) is 0 Å². The van der Waals surface area contributed by atoms with Gasteiger partial charge in [0.1, 0.15) is 5.57 Å². The highest BCUT2D eigenvalue weighted by Crippen LogP contribution is 2.26. The molecule has 0 bridgehead atoms. The number of hydrogen-bond acceptors (Lipinski definition) is 3. The number of carbonyl (C=O) groups is 2. The molecule has 0 unspecified atom stereocenters. The first-order chi connectivity index (χ1) is 15.6. The van der Waals surface area contributed by atoms with Crippen molar-refractivity contribution in [1.29, 1.82) is 0 Å². The molecule has 2 aromatic carbocycles. The molecule has 1 aliphatic rings. The van der Waals surface area contributed by atoms with Crippen LogP contribution in [0.2, 0.25) is 0 Å². The molecule has 32 heavy (non-hydrogen) atoms. The molecule has 1 aliphatic heterocycles. The largest absolute Gasteiger partial charge is 0.342 e. The molecule has 0 saturated carbocycles. The van der Waals surface area contributed by atoms with Gasteiger partial charge in [-0.2, -0.15) is 0 Å².